The van der Waals surface area contributed by atoms with Gasteiger partial charge in [0, 0.05) is 71.1 Å². The molecule has 0 atom stereocenters. The highest BCUT2D eigenvalue weighted by Crippen LogP contribution is 2.40. The fraction of sp³-hybridized carbons (Fsp3) is 0.283. The Labute approximate surface area is 365 Å². The maximum atomic E-state index is 5.42. The number of H-pyrrole nitrogens is 2. The molecule has 2 N–H and O–H groups in total. The van der Waals surface area contributed by atoms with Crippen LogP contribution >= 0.6 is 22.6 Å². The minimum Gasteiger partial charge on any atom is -0.355 e. The number of nitrogens with zero attached hydrogens (tertiary/aromatic N) is 2. The smallest absolute Gasteiger partial charge is 0.129 e. The van der Waals surface area contributed by atoms with Crippen molar-refractivity contribution >= 4 is 64.9 Å². The van der Waals surface area contributed by atoms with Gasteiger partial charge in [0.15, 0.2) is 0 Å². The number of hydrogen-bond acceptors (Lipinski definition) is 2. The van der Waals surface area contributed by atoms with Crippen molar-refractivity contribution < 1.29 is 0 Å². The molecule has 0 radical (unpaired) electrons. The lowest BCUT2D eigenvalue weighted by Crippen LogP contribution is -2.16. The quantitative estimate of drug-likeness (QED) is 0.105. The summed E-state index contributed by atoms with van der Waals surface area (Å²) < 4.78 is 1.21. The van der Waals surface area contributed by atoms with Gasteiger partial charge in [-0.1, -0.05) is 123 Å². The summed E-state index contributed by atoms with van der Waals surface area (Å²) in [6, 6.07) is 35.9. The highest BCUT2D eigenvalue weighted by atomic mass is 127. The van der Waals surface area contributed by atoms with Crippen LogP contribution in [0.25, 0.3) is 67.6 Å². The SMILES string of the molecule is CC(C)(C)c1cc(-c2c3nc(cc4[nH]c(cc5nc(cc6[nH]c2cc6-c2ccc(I)cc2)C(C)(C)C5)cc4-c2ccc(C#C[Si](C)(C)C)cc2)C=C3)cc(C(C)(C)C)c1. The summed E-state index contributed by atoms with van der Waals surface area (Å²) in [7, 11) is -1.49. The van der Waals surface area contributed by atoms with Crippen LogP contribution in [0.15, 0.2) is 97.1 Å². The maximum Gasteiger partial charge on any atom is 0.129 e. The van der Waals surface area contributed by atoms with Crippen molar-refractivity contribution in [2.75, 3.05) is 0 Å². The molecule has 0 fully saturated rings. The van der Waals surface area contributed by atoms with Crippen LogP contribution in [-0.2, 0) is 22.7 Å². The van der Waals surface area contributed by atoms with E-state index in [4.69, 9.17) is 9.97 Å². The number of aromatic amines is 2. The molecular weight excluding hydrogens is 848 g/mol. The molecule has 2 aliphatic rings. The Bertz CT molecular complexity index is 2840. The van der Waals surface area contributed by atoms with Crippen LogP contribution in [0.5, 0.6) is 0 Å². The topological polar surface area (TPSA) is 57.4 Å². The molecule has 298 valence electrons. The second kappa shape index (κ2) is 14.9. The Morgan fingerprint density at radius 2 is 1.25 bits per heavy atom. The number of fused-ring (bicyclic) bond motifs is 8. The monoisotopic (exact) mass is 902 g/mol. The van der Waals surface area contributed by atoms with Crippen LogP contribution in [0.1, 0.15) is 94.9 Å². The van der Waals surface area contributed by atoms with E-state index in [9.17, 15) is 0 Å². The number of benzene rings is 3. The van der Waals surface area contributed by atoms with Gasteiger partial charge in [-0.2, -0.15) is 0 Å². The van der Waals surface area contributed by atoms with E-state index < -0.39 is 8.07 Å². The zero-order valence-corrected chi connectivity index (χ0v) is 39.5. The van der Waals surface area contributed by atoms with Gasteiger partial charge in [-0.15, -0.1) is 5.54 Å². The molecule has 2 aliphatic heterocycles. The Morgan fingerprint density at radius 3 is 1.88 bits per heavy atom. The van der Waals surface area contributed by atoms with Gasteiger partial charge in [0.05, 0.1) is 11.4 Å². The normalized spacial score (nSPS) is 14.0. The fourth-order valence-corrected chi connectivity index (χ4v) is 8.72. The van der Waals surface area contributed by atoms with E-state index in [-0.39, 0.29) is 16.2 Å². The van der Waals surface area contributed by atoms with E-state index in [2.05, 4.69) is 228 Å². The number of nitrogens with one attached hydrogen (secondary N) is 2. The number of halogens is 1. The Kier molecular flexibility index (Phi) is 10.3. The number of aromatic nitrogens is 4. The maximum absolute atomic E-state index is 5.42. The van der Waals surface area contributed by atoms with E-state index >= 15 is 0 Å². The van der Waals surface area contributed by atoms with E-state index in [1.165, 1.54) is 14.7 Å². The average Bonchev–Trinajstić information content (AvgIpc) is 3.93. The molecule has 4 nitrogen and oxygen atoms in total. The molecule has 3 aromatic carbocycles. The van der Waals surface area contributed by atoms with Gasteiger partial charge in [-0.3, -0.25) is 4.98 Å². The van der Waals surface area contributed by atoms with E-state index in [0.29, 0.717) is 0 Å². The lowest BCUT2D eigenvalue weighted by atomic mass is 9.78. The summed E-state index contributed by atoms with van der Waals surface area (Å²) in [4.78, 5) is 18.5. The van der Waals surface area contributed by atoms with Gasteiger partial charge in [0.25, 0.3) is 0 Å². The van der Waals surface area contributed by atoms with Gasteiger partial charge < -0.3 is 9.97 Å². The Hall–Kier alpha value is -4.97. The molecule has 0 saturated carbocycles. The third-order valence-electron chi connectivity index (χ3n) is 11.3. The molecule has 0 unspecified atom stereocenters. The molecule has 5 heterocycles. The fourth-order valence-electron chi connectivity index (χ4n) is 7.84. The molecule has 0 spiro atoms. The lowest BCUT2D eigenvalue weighted by Gasteiger charge is -2.26. The standard InChI is InChI=1S/C53H55IN4Si/c1-51(2,3)37-24-36(25-38(26-37)52(4,5)6)50-45-21-20-40(55-45)29-46-43(34-14-12-33(13-15-34)22-23-59(9,10)11)28-41(56-46)27-42-32-53(7,8)49(57-42)31-47-44(30-48(50)58-47)35-16-18-39(54)19-17-35/h12-21,24-31,56,58H,32H2,1-11H3. The molecule has 0 aliphatic carbocycles. The van der Waals surface area contributed by atoms with Crippen molar-refractivity contribution in [2.24, 2.45) is 0 Å². The van der Waals surface area contributed by atoms with Crippen LogP contribution in [0.2, 0.25) is 19.6 Å². The third-order valence-corrected chi connectivity index (χ3v) is 12.9. The molecular formula is C53H55IN4Si. The third kappa shape index (κ3) is 8.83. The summed E-state index contributed by atoms with van der Waals surface area (Å²) >= 11 is 2.39. The van der Waals surface area contributed by atoms with Crippen LogP contribution in [0.4, 0.5) is 0 Å². The van der Waals surface area contributed by atoms with Gasteiger partial charge in [0.2, 0.25) is 0 Å². The minimum atomic E-state index is -1.49. The number of rotatable bonds is 3. The first-order valence-corrected chi connectivity index (χ1v) is 25.3. The van der Waals surface area contributed by atoms with Gasteiger partial charge in [0.1, 0.15) is 8.07 Å². The summed E-state index contributed by atoms with van der Waals surface area (Å²) in [5.41, 5.74) is 21.7. The van der Waals surface area contributed by atoms with E-state index in [1.54, 1.807) is 0 Å². The highest BCUT2D eigenvalue weighted by molar-refractivity contribution is 14.1. The molecule has 6 heteroatoms. The molecule has 0 amide bonds. The predicted octanol–water partition coefficient (Wildman–Crippen LogP) is 14.4. The van der Waals surface area contributed by atoms with Gasteiger partial charge in [-0.05, 0) is 128 Å². The molecule has 0 saturated heterocycles. The lowest BCUT2D eigenvalue weighted by molar-refractivity contribution is 0.543. The molecule has 59 heavy (non-hydrogen) atoms. The van der Waals surface area contributed by atoms with E-state index in [1.807, 2.05) is 0 Å². The summed E-state index contributed by atoms with van der Waals surface area (Å²) in [5, 5.41) is 0. The second-order valence-electron chi connectivity index (χ2n) is 20.1. The van der Waals surface area contributed by atoms with Crippen molar-refractivity contribution in [3.63, 3.8) is 0 Å². The average molecular weight is 903 g/mol. The van der Waals surface area contributed by atoms with Crippen molar-refractivity contribution in [3.8, 4) is 44.8 Å². The van der Waals surface area contributed by atoms with Crippen LogP contribution in [-0.4, -0.2) is 28.0 Å². The van der Waals surface area contributed by atoms with Crippen molar-refractivity contribution in [3.05, 3.63) is 140 Å². The predicted molar refractivity (Wildman–Crippen MR) is 263 cm³/mol. The van der Waals surface area contributed by atoms with Gasteiger partial charge >= 0.3 is 0 Å². The molecule has 8 bridgehead atoms. The summed E-state index contributed by atoms with van der Waals surface area (Å²) in [6.45, 7) is 25.2. The zero-order chi connectivity index (χ0) is 42.1. The Morgan fingerprint density at radius 1 is 0.644 bits per heavy atom. The van der Waals surface area contributed by atoms with Gasteiger partial charge in [-0.25, -0.2) is 4.98 Å². The molecule has 3 aromatic heterocycles. The summed E-state index contributed by atoms with van der Waals surface area (Å²) in [5.74, 6) is 3.42. The minimum absolute atomic E-state index is 0.0491. The number of hydrogen-bond donors (Lipinski definition) is 2. The largest absolute Gasteiger partial charge is 0.355 e. The highest BCUT2D eigenvalue weighted by Gasteiger charge is 2.29. The van der Waals surface area contributed by atoms with Crippen LogP contribution < -0.4 is 0 Å². The van der Waals surface area contributed by atoms with Crippen molar-refractivity contribution in [1.29, 1.82) is 0 Å². The van der Waals surface area contributed by atoms with Crippen molar-refractivity contribution in [2.45, 2.75) is 97.7 Å². The summed E-state index contributed by atoms with van der Waals surface area (Å²) in [6.07, 6.45) is 5.17. The van der Waals surface area contributed by atoms with Crippen LogP contribution in [0, 0.1) is 15.0 Å². The molecule has 8 rings (SSSR count). The van der Waals surface area contributed by atoms with Crippen LogP contribution in [0.3, 0.4) is 0 Å². The Balaban J connectivity index is 1.47. The first kappa shape index (κ1) is 40.8. The molecule has 6 aromatic rings. The first-order valence-electron chi connectivity index (χ1n) is 20.7. The second-order valence-corrected chi connectivity index (χ2v) is 26.1. The van der Waals surface area contributed by atoms with Crippen molar-refractivity contribution in [1.82, 2.24) is 19.9 Å². The van der Waals surface area contributed by atoms with E-state index in [0.717, 1.165) is 90.2 Å². The zero-order valence-electron chi connectivity index (χ0n) is 36.4. The first-order chi connectivity index (χ1) is 27.7.